The van der Waals surface area contributed by atoms with Crippen LogP contribution in [0, 0.1) is 11.6 Å². The smallest absolute Gasteiger partial charge is 0.334 e. The SMILES string of the molecule is O=C(NCC(O)C(=O)O)Nc1cccc(F)c1F. The molecule has 4 N–H and O–H groups in total. The van der Waals surface area contributed by atoms with Crippen LogP contribution in [0.2, 0.25) is 0 Å². The van der Waals surface area contributed by atoms with Gasteiger partial charge in [0.05, 0.1) is 12.2 Å². The third-order valence-electron chi connectivity index (χ3n) is 1.94. The maximum absolute atomic E-state index is 13.1. The van der Waals surface area contributed by atoms with Gasteiger partial charge in [-0.05, 0) is 12.1 Å². The van der Waals surface area contributed by atoms with E-state index in [4.69, 9.17) is 10.2 Å². The molecule has 0 fully saturated rings. The summed E-state index contributed by atoms with van der Waals surface area (Å²) in [5, 5.41) is 21.2. The van der Waals surface area contributed by atoms with Crippen molar-refractivity contribution in [1.29, 1.82) is 0 Å². The van der Waals surface area contributed by atoms with E-state index in [0.29, 0.717) is 0 Å². The predicted octanol–water partition coefficient (Wildman–Crippen LogP) is 0.532. The average Bonchev–Trinajstić information content (AvgIpc) is 2.32. The van der Waals surface area contributed by atoms with E-state index in [2.05, 4.69) is 0 Å². The zero-order valence-electron chi connectivity index (χ0n) is 8.98. The van der Waals surface area contributed by atoms with E-state index in [1.807, 2.05) is 10.6 Å². The third-order valence-corrected chi connectivity index (χ3v) is 1.94. The summed E-state index contributed by atoms with van der Waals surface area (Å²) >= 11 is 0. The van der Waals surface area contributed by atoms with Gasteiger partial charge in [0.2, 0.25) is 0 Å². The fourth-order valence-corrected chi connectivity index (χ4v) is 1.04. The van der Waals surface area contributed by atoms with Crippen molar-refractivity contribution in [3.63, 3.8) is 0 Å². The molecule has 1 unspecified atom stereocenters. The predicted molar refractivity (Wildman–Crippen MR) is 57.0 cm³/mol. The molecule has 0 saturated carbocycles. The standard InChI is InChI=1S/C10H10F2N2O4/c11-5-2-1-3-6(8(5)12)14-10(18)13-4-7(15)9(16)17/h1-3,7,15H,4H2,(H,16,17)(H2,13,14,18). The molecule has 1 aromatic rings. The minimum Gasteiger partial charge on any atom is -0.479 e. The molecule has 1 atom stereocenters. The number of amides is 2. The quantitative estimate of drug-likeness (QED) is 0.634. The van der Waals surface area contributed by atoms with Crippen molar-refractivity contribution in [2.24, 2.45) is 0 Å². The van der Waals surface area contributed by atoms with Crippen LogP contribution in [0.5, 0.6) is 0 Å². The fourth-order valence-electron chi connectivity index (χ4n) is 1.04. The van der Waals surface area contributed by atoms with Crippen LogP contribution < -0.4 is 10.6 Å². The molecular formula is C10H10F2N2O4. The summed E-state index contributed by atoms with van der Waals surface area (Å²) < 4.78 is 25.9. The molecule has 98 valence electrons. The number of nitrogens with one attached hydrogen (secondary N) is 2. The zero-order valence-corrected chi connectivity index (χ0v) is 8.98. The first-order chi connectivity index (χ1) is 8.41. The summed E-state index contributed by atoms with van der Waals surface area (Å²) in [5.74, 6) is -3.86. The topological polar surface area (TPSA) is 98.7 Å². The van der Waals surface area contributed by atoms with E-state index in [1.54, 1.807) is 0 Å². The molecule has 0 aliphatic rings. The normalized spacial score (nSPS) is 11.7. The number of hydrogen-bond acceptors (Lipinski definition) is 3. The summed E-state index contributed by atoms with van der Waals surface area (Å²) in [6.07, 6.45) is -1.77. The Kier molecular flexibility index (Phi) is 4.55. The van der Waals surface area contributed by atoms with E-state index < -0.39 is 42.0 Å². The molecule has 6 nitrogen and oxygen atoms in total. The highest BCUT2D eigenvalue weighted by Crippen LogP contribution is 2.16. The van der Waals surface area contributed by atoms with Crippen LogP contribution in [0.25, 0.3) is 0 Å². The van der Waals surface area contributed by atoms with Gasteiger partial charge in [-0.25, -0.2) is 18.4 Å². The highest BCUT2D eigenvalue weighted by Gasteiger charge is 2.15. The maximum atomic E-state index is 13.1. The molecule has 0 bridgehead atoms. The van der Waals surface area contributed by atoms with Gasteiger partial charge >= 0.3 is 12.0 Å². The van der Waals surface area contributed by atoms with Gasteiger partial charge in [-0.1, -0.05) is 6.07 Å². The van der Waals surface area contributed by atoms with Crippen LogP contribution in [0.15, 0.2) is 18.2 Å². The van der Waals surface area contributed by atoms with Crippen molar-refractivity contribution in [2.75, 3.05) is 11.9 Å². The van der Waals surface area contributed by atoms with Gasteiger partial charge in [0.15, 0.2) is 17.7 Å². The number of aliphatic carboxylic acids is 1. The molecule has 0 heterocycles. The second kappa shape index (κ2) is 5.92. The van der Waals surface area contributed by atoms with Gasteiger partial charge in [0.1, 0.15) is 0 Å². The molecule has 0 aromatic heterocycles. The average molecular weight is 260 g/mol. The first kappa shape index (κ1) is 13.8. The highest BCUT2D eigenvalue weighted by molar-refractivity contribution is 5.89. The van der Waals surface area contributed by atoms with Crippen LogP contribution in [0.4, 0.5) is 19.3 Å². The van der Waals surface area contributed by atoms with Crippen LogP contribution >= 0.6 is 0 Å². The molecule has 8 heteroatoms. The van der Waals surface area contributed by atoms with Gasteiger partial charge in [0.25, 0.3) is 0 Å². The number of aliphatic hydroxyl groups is 1. The highest BCUT2D eigenvalue weighted by atomic mass is 19.2. The first-order valence-corrected chi connectivity index (χ1v) is 4.81. The van der Waals surface area contributed by atoms with E-state index in [1.165, 1.54) is 6.07 Å². The van der Waals surface area contributed by atoms with Gasteiger partial charge in [-0.2, -0.15) is 0 Å². The number of benzene rings is 1. The number of rotatable bonds is 4. The number of urea groups is 1. The number of carbonyl (C=O) groups is 2. The number of carbonyl (C=O) groups excluding carboxylic acids is 1. The summed E-state index contributed by atoms with van der Waals surface area (Å²) in [6.45, 7) is -0.557. The van der Waals surface area contributed by atoms with E-state index in [9.17, 15) is 18.4 Å². The number of carboxylic acid groups (broad SMARTS) is 1. The maximum Gasteiger partial charge on any atom is 0.334 e. The van der Waals surface area contributed by atoms with E-state index in [-0.39, 0.29) is 0 Å². The number of anilines is 1. The molecule has 0 radical (unpaired) electrons. The van der Waals surface area contributed by atoms with Gasteiger partial charge in [0, 0.05) is 0 Å². The van der Waals surface area contributed by atoms with Gasteiger partial charge in [-0.15, -0.1) is 0 Å². The van der Waals surface area contributed by atoms with Crippen LogP contribution in [0.1, 0.15) is 0 Å². The Labute approximate surface area is 100 Å². The number of aliphatic hydroxyl groups excluding tert-OH is 1. The van der Waals surface area contributed by atoms with Crippen LogP contribution in [0.3, 0.4) is 0 Å². The Bertz CT molecular complexity index is 467. The Morgan fingerprint density at radius 2 is 2.00 bits per heavy atom. The lowest BCUT2D eigenvalue weighted by Gasteiger charge is -2.10. The zero-order chi connectivity index (χ0) is 13.7. The fraction of sp³-hybridized carbons (Fsp3) is 0.200. The molecular weight excluding hydrogens is 250 g/mol. The van der Waals surface area contributed by atoms with Crippen molar-refractivity contribution in [3.8, 4) is 0 Å². The van der Waals surface area contributed by atoms with E-state index >= 15 is 0 Å². The van der Waals surface area contributed by atoms with Gasteiger partial charge < -0.3 is 20.8 Å². The first-order valence-electron chi connectivity index (χ1n) is 4.81. The molecule has 18 heavy (non-hydrogen) atoms. The van der Waals surface area contributed by atoms with Gasteiger partial charge in [-0.3, -0.25) is 0 Å². The van der Waals surface area contributed by atoms with Crippen molar-refractivity contribution in [2.45, 2.75) is 6.10 Å². The summed E-state index contributed by atoms with van der Waals surface area (Å²) in [7, 11) is 0. The number of carboxylic acids is 1. The Balaban J connectivity index is 2.55. The largest absolute Gasteiger partial charge is 0.479 e. The molecule has 2 amide bonds. The summed E-state index contributed by atoms with van der Waals surface area (Å²) in [6, 6.07) is 2.25. The molecule has 0 aliphatic heterocycles. The Morgan fingerprint density at radius 3 is 2.61 bits per heavy atom. The van der Waals surface area contributed by atoms with Crippen LogP contribution in [-0.4, -0.2) is 34.9 Å². The molecule has 0 saturated heterocycles. The Morgan fingerprint density at radius 1 is 1.33 bits per heavy atom. The molecule has 0 aliphatic carbocycles. The number of halogens is 2. The lowest BCUT2D eigenvalue weighted by atomic mass is 10.3. The number of hydrogen-bond donors (Lipinski definition) is 4. The summed E-state index contributed by atoms with van der Waals surface area (Å²) in [5.41, 5.74) is -0.391. The lowest BCUT2D eigenvalue weighted by molar-refractivity contribution is -0.146. The van der Waals surface area contributed by atoms with Crippen LogP contribution in [-0.2, 0) is 4.79 Å². The third kappa shape index (κ3) is 3.67. The molecule has 1 aromatic carbocycles. The lowest BCUT2D eigenvalue weighted by Crippen LogP contribution is -2.38. The second-order valence-electron chi connectivity index (χ2n) is 3.29. The minimum absolute atomic E-state index is 0.391. The minimum atomic E-state index is -1.77. The molecule has 0 spiro atoms. The molecule has 1 rings (SSSR count). The van der Waals surface area contributed by atoms with E-state index in [0.717, 1.165) is 12.1 Å². The second-order valence-corrected chi connectivity index (χ2v) is 3.29. The monoisotopic (exact) mass is 260 g/mol. The Hall–Kier alpha value is -2.22. The van der Waals surface area contributed by atoms with Crippen molar-refractivity contribution in [3.05, 3.63) is 29.8 Å². The van der Waals surface area contributed by atoms with Crippen molar-refractivity contribution >= 4 is 17.7 Å². The van der Waals surface area contributed by atoms with Crippen molar-refractivity contribution < 1.29 is 28.6 Å². The van der Waals surface area contributed by atoms with Crippen molar-refractivity contribution in [1.82, 2.24) is 5.32 Å². The summed E-state index contributed by atoms with van der Waals surface area (Å²) in [4.78, 5) is 21.4.